The van der Waals surface area contributed by atoms with Crippen LogP contribution in [0.25, 0.3) is 0 Å². The predicted octanol–water partition coefficient (Wildman–Crippen LogP) is 11.8. The lowest BCUT2D eigenvalue weighted by Gasteiger charge is -2.49. The van der Waals surface area contributed by atoms with Crippen molar-refractivity contribution in [3.05, 3.63) is 281 Å². The van der Waals surface area contributed by atoms with Crippen LogP contribution < -0.4 is 0 Å². The molecule has 10 rings (SSSR count). The van der Waals surface area contributed by atoms with Gasteiger partial charge in [-0.3, -0.25) is 0 Å². The van der Waals surface area contributed by atoms with Crippen LogP contribution in [0.3, 0.4) is 0 Å². The third-order valence-electron chi connectivity index (χ3n) is 13.9. The Kier molecular flexibility index (Phi) is 20.3. The van der Waals surface area contributed by atoms with Gasteiger partial charge in [0.15, 0.2) is 24.6 Å². The van der Waals surface area contributed by atoms with Crippen LogP contribution in [0.2, 0.25) is 0 Å². The number of ether oxygens (including phenoxy) is 10. The Balaban J connectivity index is 1.11. The Morgan fingerprint density at radius 2 is 0.783 bits per heavy atom. The van der Waals surface area contributed by atoms with Crippen molar-refractivity contribution in [2.24, 2.45) is 0 Å². The molecule has 8 aromatic rings. The summed E-state index contributed by atoms with van der Waals surface area (Å²) >= 11 is 1.45. The molecule has 0 saturated carbocycles. The summed E-state index contributed by atoms with van der Waals surface area (Å²) < 4.78 is 67.6. The molecule has 15 heteroatoms. The lowest BCUT2D eigenvalue weighted by atomic mass is 9.96. The van der Waals surface area contributed by atoms with Crippen molar-refractivity contribution in [3.8, 4) is 0 Å². The Hall–Kier alpha value is -8.25. The highest BCUT2D eigenvalue weighted by Crippen LogP contribution is 2.41. The highest BCUT2D eigenvalue weighted by atomic mass is 32.2. The van der Waals surface area contributed by atoms with Crippen LogP contribution in [0.5, 0.6) is 0 Å². The van der Waals surface area contributed by atoms with E-state index in [-0.39, 0.29) is 48.7 Å². The maximum Gasteiger partial charge on any atom is 0.338 e. The molecule has 2 aliphatic heterocycles. The number of carbonyl (C=O) groups excluding carboxylic acids is 4. The normalized spacial score (nSPS) is 22.1. The second-order valence-electron chi connectivity index (χ2n) is 19.8. The number of hydrogen-bond acceptors (Lipinski definition) is 15. The minimum atomic E-state index is -1.73. The number of rotatable bonds is 23. The van der Waals surface area contributed by atoms with E-state index in [4.69, 9.17) is 47.4 Å². The fraction of sp³-hybridized carbons (Fsp3) is 0.235. The first-order valence-electron chi connectivity index (χ1n) is 27.3. The van der Waals surface area contributed by atoms with E-state index in [9.17, 15) is 19.2 Å². The van der Waals surface area contributed by atoms with Crippen LogP contribution in [0, 0.1) is 6.92 Å². The molecule has 0 radical (unpaired) electrons. The van der Waals surface area contributed by atoms with E-state index in [1.807, 2.05) is 122 Å². The fourth-order valence-corrected chi connectivity index (χ4v) is 10.7. The number of carbonyl (C=O) groups is 4. The maximum atomic E-state index is 14.7. The summed E-state index contributed by atoms with van der Waals surface area (Å²) in [7, 11) is 0. The average Bonchev–Trinajstić information content (AvgIpc) is 3.72. The van der Waals surface area contributed by atoms with Crippen molar-refractivity contribution in [2.45, 2.75) is 92.2 Å². The quantitative estimate of drug-likeness (QED) is 0.0439. The number of aryl methyl sites for hydroxylation is 1. The topological polar surface area (TPSA) is 161 Å². The molecule has 2 heterocycles. The molecule has 0 unspecified atom stereocenters. The SMILES string of the molecule is Cc1ccc(S[C@@H]2O[C@H](COCc3ccccc3)[C@@H](O[C@@H]3O[C@H](COC(=O)c4ccccc4)[C@H](OC(=O)c4ccccc4)[C@H](OC(=O)c4ccccc4)[C@H]3OC(=O)c3ccccc3)[C@H](OCc3ccccc3)[C@H]2OCc2ccccc2)cc1. The van der Waals surface area contributed by atoms with Gasteiger partial charge in [-0.05, 0) is 84.3 Å². The fourth-order valence-electron chi connectivity index (χ4n) is 9.58. The molecule has 14 nitrogen and oxygen atoms in total. The highest BCUT2D eigenvalue weighted by molar-refractivity contribution is 7.99. The van der Waals surface area contributed by atoms with Gasteiger partial charge in [0.1, 0.15) is 42.6 Å². The molecule has 10 atom stereocenters. The zero-order valence-corrected chi connectivity index (χ0v) is 46.3. The van der Waals surface area contributed by atoms with Crippen molar-refractivity contribution >= 4 is 35.6 Å². The summed E-state index contributed by atoms with van der Waals surface area (Å²) in [5.41, 5.74) is 3.60. The van der Waals surface area contributed by atoms with E-state index in [0.717, 1.165) is 27.1 Å². The van der Waals surface area contributed by atoms with Crippen molar-refractivity contribution in [2.75, 3.05) is 13.2 Å². The number of hydrogen-bond donors (Lipinski definition) is 0. The van der Waals surface area contributed by atoms with Gasteiger partial charge in [0.25, 0.3) is 0 Å². The summed E-state index contributed by atoms with van der Waals surface area (Å²) in [4.78, 5) is 58.5. The van der Waals surface area contributed by atoms with Crippen molar-refractivity contribution in [1.82, 2.24) is 0 Å². The summed E-state index contributed by atoms with van der Waals surface area (Å²) in [5, 5.41) is 0. The van der Waals surface area contributed by atoms with Crippen LogP contribution in [-0.2, 0) is 67.2 Å². The molecule has 0 N–H and O–H groups in total. The van der Waals surface area contributed by atoms with Gasteiger partial charge in [0.05, 0.1) is 48.7 Å². The average molecular weight is 1140 g/mol. The van der Waals surface area contributed by atoms with Gasteiger partial charge in [-0.1, -0.05) is 193 Å². The maximum absolute atomic E-state index is 14.7. The van der Waals surface area contributed by atoms with Crippen LogP contribution >= 0.6 is 11.8 Å². The number of thioether (sulfide) groups is 1. The second kappa shape index (κ2) is 29.1. The standard InChI is InChI=1S/C68H62O14S/c1-46-37-39-54(40-38-46)83-68-62(75-43-49-27-13-4-14-28-49)59(74-42-48-25-11-3-12-26-48)57(55(78-68)44-73-41-47-23-9-2-10-24-47)82-67-61(81-66(72)53-35-21-8-22-36-53)60(80-65(71)52-33-19-7-20-34-52)58(79-64(70)51-31-17-6-18-32-51)56(77-67)45-76-63(69)50-29-15-5-16-30-50/h2-40,55-62,67-68H,41-45H2,1H3/t55-,56-,57-,58+,59+,60+,61-,62-,67+,68+/m1/s1. The molecular weight excluding hydrogens is 1070 g/mol. The number of benzene rings is 8. The molecule has 424 valence electrons. The molecule has 2 aliphatic rings. The minimum absolute atomic E-state index is 0.0653. The Morgan fingerprint density at radius 1 is 0.386 bits per heavy atom. The lowest BCUT2D eigenvalue weighted by molar-refractivity contribution is -0.342. The van der Waals surface area contributed by atoms with E-state index in [1.165, 1.54) is 11.8 Å². The Bertz CT molecular complexity index is 3290. The molecule has 0 aliphatic carbocycles. The van der Waals surface area contributed by atoms with Crippen LogP contribution in [-0.4, -0.2) is 97.6 Å². The molecule has 2 fully saturated rings. The Labute approximate surface area is 486 Å². The zero-order valence-electron chi connectivity index (χ0n) is 45.4. The van der Waals surface area contributed by atoms with Crippen molar-refractivity contribution in [1.29, 1.82) is 0 Å². The molecule has 0 aromatic heterocycles. The molecular formula is C68H62O14S. The molecule has 0 spiro atoms. The first kappa shape index (κ1) is 58.0. The van der Waals surface area contributed by atoms with Gasteiger partial charge in [0.2, 0.25) is 0 Å². The van der Waals surface area contributed by atoms with E-state index >= 15 is 0 Å². The van der Waals surface area contributed by atoms with Crippen LogP contribution in [0.1, 0.15) is 63.7 Å². The smallest absolute Gasteiger partial charge is 0.338 e. The first-order valence-corrected chi connectivity index (χ1v) is 28.2. The summed E-state index contributed by atoms with van der Waals surface area (Å²) in [6, 6.07) is 70.0. The van der Waals surface area contributed by atoms with Gasteiger partial charge in [-0.15, -0.1) is 0 Å². The van der Waals surface area contributed by atoms with Gasteiger partial charge < -0.3 is 47.4 Å². The van der Waals surface area contributed by atoms with Gasteiger partial charge >= 0.3 is 23.9 Å². The number of esters is 4. The zero-order chi connectivity index (χ0) is 57.2. The summed E-state index contributed by atoms with van der Waals surface area (Å²) in [5.74, 6) is -3.28. The molecule has 8 aromatic carbocycles. The van der Waals surface area contributed by atoms with Crippen LogP contribution in [0.15, 0.2) is 241 Å². The van der Waals surface area contributed by atoms with Crippen molar-refractivity contribution in [3.63, 3.8) is 0 Å². The van der Waals surface area contributed by atoms with E-state index < -0.39 is 91.0 Å². The molecule has 83 heavy (non-hydrogen) atoms. The molecule has 0 amide bonds. The molecule has 0 bridgehead atoms. The lowest BCUT2D eigenvalue weighted by Crippen LogP contribution is -2.66. The second-order valence-corrected chi connectivity index (χ2v) is 21.0. The van der Waals surface area contributed by atoms with Gasteiger partial charge in [0, 0.05) is 4.90 Å². The van der Waals surface area contributed by atoms with Gasteiger partial charge in [-0.2, -0.15) is 0 Å². The summed E-state index contributed by atoms with van der Waals surface area (Å²) in [6.45, 7) is 1.81. The van der Waals surface area contributed by atoms with Crippen molar-refractivity contribution < 1.29 is 66.5 Å². The third kappa shape index (κ3) is 15.9. The van der Waals surface area contributed by atoms with Gasteiger partial charge in [-0.25, -0.2) is 19.2 Å². The van der Waals surface area contributed by atoms with Crippen LogP contribution in [0.4, 0.5) is 0 Å². The highest BCUT2D eigenvalue weighted by Gasteiger charge is 2.57. The monoisotopic (exact) mass is 1130 g/mol. The van der Waals surface area contributed by atoms with E-state index in [1.54, 1.807) is 121 Å². The Morgan fingerprint density at radius 3 is 1.27 bits per heavy atom. The predicted molar refractivity (Wildman–Crippen MR) is 309 cm³/mol. The summed E-state index contributed by atoms with van der Waals surface area (Å²) in [6.07, 6.45) is -12.4. The first-order chi connectivity index (χ1) is 40.7. The largest absolute Gasteiger partial charge is 0.459 e. The minimum Gasteiger partial charge on any atom is -0.459 e. The third-order valence-corrected chi connectivity index (χ3v) is 15.0. The van der Waals surface area contributed by atoms with E-state index in [0.29, 0.717) is 0 Å². The molecule has 2 saturated heterocycles. The van der Waals surface area contributed by atoms with E-state index in [2.05, 4.69) is 0 Å².